The first kappa shape index (κ1) is 22.3. The van der Waals surface area contributed by atoms with E-state index in [0.717, 1.165) is 19.4 Å². The number of hydrogen-bond acceptors (Lipinski definition) is 6. The zero-order chi connectivity index (χ0) is 21.9. The Morgan fingerprint density at radius 1 is 1.10 bits per heavy atom. The number of alkyl carbamates (subject to hydrolysis) is 1. The molecular weight excluding hydrogens is 410 g/mol. The van der Waals surface area contributed by atoms with E-state index in [2.05, 4.69) is 25.8 Å². The number of piperidine rings is 1. The van der Waals surface area contributed by atoms with Crippen molar-refractivity contribution in [1.82, 2.24) is 20.5 Å². The fourth-order valence-corrected chi connectivity index (χ4v) is 3.50. The number of rotatable bonds is 4. The Balaban J connectivity index is 1.60. The first-order valence-electron chi connectivity index (χ1n) is 10.1. The van der Waals surface area contributed by atoms with Crippen molar-refractivity contribution in [3.8, 4) is 0 Å². The summed E-state index contributed by atoms with van der Waals surface area (Å²) in [6, 6.07) is 2.86. The van der Waals surface area contributed by atoms with Gasteiger partial charge in [0.1, 0.15) is 11.4 Å². The minimum atomic E-state index is -0.828. The van der Waals surface area contributed by atoms with Gasteiger partial charge in [-0.3, -0.25) is 14.5 Å². The number of pyridine rings is 1. The molecule has 2 aliphatic rings. The summed E-state index contributed by atoms with van der Waals surface area (Å²) in [5.74, 6) is -1.38. The summed E-state index contributed by atoms with van der Waals surface area (Å²) in [5, 5.41) is 8.47. The van der Waals surface area contributed by atoms with Gasteiger partial charge in [-0.1, -0.05) is 11.6 Å². The van der Waals surface area contributed by atoms with Crippen molar-refractivity contribution < 1.29 is 19.1 Å². The summed E-state index contributed by atoms with van der Waals surface area (Å²) < 4.78 is 5.36. The maximum atomic E-state index is 12.4. The molecule has 9 nitrogen and oxygen atoms in total. The Bertz CT molecular complexity index is 791. The van der Waals surface area contributed by atoms with E-state index in [9.17, 15) is 14.4 Å². The lowest BCUT2D eigenvalue weighted by molar-refractivity contribution is -0.137. The van der Waals surface area contributed by atoms with Crippen LogP contribution in [0.5, 0.6) is 0 Å². The normalized spacial score (nSPS) is 22.1. The number of anilines is 1. The molecule has 30 heavy (non-hydrogen) atoms. The van der Waals surface area contributed by atoms with Gasteiger partial charge in [-0.15, -0.1) is 0 Å². The van der Waals surface area contributed by atoms with Crippen molar-refractivity contribution in [3.63, 3.8) is 0 Å². The van der Waals surface area contributed by atoms with Crippen LogP contribution in [0, 0.1) is 0 Å². The van der Waals surface area contributed by atoms with E-state index in [-0.39, 0.29) is 17.9 Å². The lowest BCUT2D eigenvalue weighted by Crippen LogP contribution is -2.62. The molecule has 0 radical (unpaired) electrons. The number of carbonyl (C=O) groups excluding carboxylic acids is 3. The fraction of sp³-hybridized carbons (Fsp3) is 0.600. The Morgan fingerprint density at radius 2 is 1.83 bits per heavy atom. The van der Waals surface area contributed by atoms with Crippen LogP contribution in [-0.2, 0) is 14.3 Å². The number of likely N-dealkylation sites (tertiary alicyclic amines) is 1. The number of halogens is 1. The van der Waals surface area contributed by atoms with Crippen LogP contribution in [0.4, 0.5) is 10.6 Å². The van der Waals surface area contributed by atoms with Gasteiger partial charge < -0.3 is 20.7 Å². The van der Waals surface area contributed by atoms with Crippen molar-refractivity contribution in [1.29, 1.82) is 0 Å². The van der Waals surface area contributed by atoms with Crippen molar-refractivity contribution >= 4 is 35.3 Å². The third kappa shape index (κ3) is 6.56. The zero-order valence-electron chi connectivity index (χ0n) is 17.4. The highest BCUT2D eigenvalue weighted by Crippen LogP contribution is 2.29. The Morgan fingerprint density at radius 3 is 2.43 bits per heavy atom. The minimum absolute atomic E-state index is 0.228. The van der Waals surface area contributed by atoms with Gasteiger partial charge in [-0.2, -0.15) is 0 Å². The van der Waals surface area contributed by atoms with Crippen LogP contribution < -0.4 is 16.0 Å². The molecule has 1 aliphatic heterocycles. The summed E-state index contributed by atoms with van der Waals surface area (Å²) in [6.45, 7) is 6.76. The quantitative estimate of drug-likeness (QED) is 0.620. The Hall–Kier alpha value is -2.39. The molecule has 10 heteroatoms. The highest BCUT2D eigenvalue weighted by molar-refractivity contribution is 6.39. The molecule has 3 amide bonds. The third-order valence-electron chi connectivity index (χ3n) is 4.90. The van der Waals surface area contributed by atoms with E-state index >= 15 is 0 Å². The van der Waals surface area contributed by atoms with Crippen LogP contribution in [0.2, 0.25) is 5.02 Å². The van der Waals surface area contributed by atoms with Gasteiger partial charge >= 0.3 is 17.9 Å². The molecule has 0 unspecified atom stereocenters. The van der Waals surface area contributed by atoms with Gasteiger partial charge in [-0.25, -0.2) is 9.78 Å². The van der Waals surface area contributed by atoms with Gasteiger partial charge in [0, 0.05) is 25.3 Å². The number of nitrogens with zero attached hydrogens (tertiary/aromatic N) is 2. The minimum Gasteiger partial charge on any atom is -0.444 e. The van der Waals surface area contributed by atoms with Gasteiger partial charge in [-0.05, 0) is 52.2 Å². The van der Waals surface area contributed by atoms with E-state index in [1.54, 1.807) is 26.8 Å². The van der Waals surface area contributed by atoms with Crippen molar-refractivity contribution in [2.45, 2.75) is 63.8 Å². The second-order valence-corrected chi connectivity index (χ2v) is 9.10. The van der Waals surface area contributed by atoms with E-state index in [1.807, 2.05) is 0 Å². The molecule has 0 aromatic carbocycles. The maximum absolute atomic E-state index is 12.4. The number of hydrogen-bond donors (Lipinski definition) is 3. The molecule has 0 spiro atoms. The molecule has 1 saturated heterocycles. The molecule has 1 aromatic rings. The van der Waals surface area contributed by atoms with Crippen molar-refractivity contribution in [2.75, 3.05) is 18.4 Å². The molecule has 0 bridgehead atoms. The molecule has 2 heterocycles. The zero-order valence-corrected chi connectivity index (χ0v) is 18.2. The van der Waals surface area contributed by atoms with Crippen LogP contribution in [0.1, 0.15) is 40.0 Å². The molecule has 2 atom stereocenters. The molecule has 2 fully saturated rings. The van der Waals surface area contributed by atoms with Gasteiger partial charge in [0.2, 0.25) is 0 Å². The second kappa shape index (κ2) is 9.18. The number of aromatic nitrogens is 1. The van der Waals surface area contributed by atoms with Crippen LogP contribution in [0.3, 0.4) is 0 Å². The number of nitrogens with one attached hydrogen (secondary N) is 3. The lowest BCUT2D eigenvalue weighted by atomic mass is 9.99. The maximum Gasteiger partial charge on any atom is 0.407 e. The molecular formula is C20H28ClN5O4. The molecule has 3 N–H and O–H groups in total. The topological polar surface area (TPSA) is 113 Å². The Kier molecular flexibility index (Phi) is 6.82. The van der Waals surface area contributed by atoms with Crippen LogP contribution in [-0.4, -0.2) is 64.6 Å². The number of carbonyl (C=O) groups is 3. The summed E-state index contributed by atoms with van der Waals surface area (Å²) >= 11 is 5.77. The van der Waals surface area contributed by atoms with E-state index in [1.165, 1.54) is 12.3 Å². The van der Waals surface area contributed by atoms with Crippen molar-refractivity contribution in [3.05, 3.63) is 23.4 Å². The summed E-state index contributed by atoms with van der Waals surface area (Å²) in [7, 11) is 0. The van der Waals surface area contributed by atoms with E-state index in [4.69, 9.17) is 16.3 Å². The highest BCUT2D eigenvalue weighted by Gasteiger charge is 2.39. The van der Waals surface area contributed by atoms with Gasteiger partial charge in [0.05, 0.1) is 17.1 Å². The predicted octanol–water partition coefficient (Wildman–Crippen LogP) is 1.92. The molecule has 164 valence electrons. The average Bonchev–Trinajstić information content (AvgIpc) is 3.48. The summed E-state index contributed by atoms with van der Waals surface area (Å²) in [4.78, 5) is 43.2. The van der Waals surface area contributed by atoms with Gasteiger partial charge in [0.25, 0.3) is 0 Å². The molecule has 3 rings (SSSR count). The average molecular weight is 438 g/mol. The standard InChI is InChI=1S/C20H28ClN5O4/c1-20(2,3)30-19(29)24-15-11-26(13-5-6-13)9-8-14(15)23-17(27)18(28)25-16-7-4-12(21)10-22-16/h4,7,10,13-15H,5-6,8-9,11H2,1-3H3,(H,23,27)(H,24,29)(H,22,25,28)/t14-,15+/m0/s1. The first-order chi connectivity index (χ1) is 14.1. The monoisotopic (exact) mass is 437 g/mol. The summed E-state index contributed by atoms with van der Waals surface area (Å²) in [5.41, 5.74) is -0.626. The van der Waals surface area contributed by atoms with Crippen molar-refractivity contribution in [2.24, 2.45) is 0 Å². The van der Waals surface area contributed by atoms with Gasteiger partial charge in [0.15, 0.2) is 0 Å². The Labute approximate surface area is 180 Å². The SMILES string of the molecule is CC(C)(C)OC(=O)N[C@@H]1CN(C2CC2)CC[C@@H]1NC(=O)C(=O)Nc1ccc(Cl)cn1. The summed E-state index contributed by atoms with van der Waals surface area (Å²) in [6.07, 6.45) is 3.75. The first-order valence-corrected chi connectivity index (χ1v) is 10.5. The lowest BCUT2D eigenvalue weighted by Gasteiger charge is -2.39. The largest absolute Gasteiger partial charge is 0.444 e. The number of ether oxygens (including phenoxy) is 1. The third-order valence-corrected chi connectivity index (χ3v) is 5.12. The van der Waals surface area contributed by atoms with Crippen LogP contribution in [0.25, 0.3) is 0 Å². The predicted molar refractivity (Wildman–Crippen MR) is 112 cm³/mol. The second-order valence-electron chi connectivity index (χ2n) is 8.66. The molecule has 1 aromatic heterocycles. The smallest absolute Gasteiger partial charge is 0.407 e. The highest BCUT2D eigenvalue weighted by atomic mass is 35.5. The molecule has 1 aliphatic carbocycles. The fourth-order valence-electron chi connectivity index (χ4n) is 3.38. The number of amides is 3. The van der Waals surface area contributed by atoms with Crippen LogP contribution >= 0.6 is 11.6 Å². The van der Waals surface area contributed by atoms with E-state index < -0.39 is 23.5 Å². The molecule has 1 saturated carbocycles. The van der Waals surface area contributed by atoms with E-state index in [0.29, 0.717) is 24.0 Å². The van der Waals surface area contributed by atoms with Crippen LogP contribution in [0.15, 0.2) is 18.3 Å².